The van der Waals surface area contributed by atoms with Crippen LogP contribution in [0.5, 0.6) is 0 Å². The van der Waals surface area contributed by atoms with Crippen LogP contribution in [0.1, 0.15) is 13.8 Å². The molecule has 3 heteroatoms. The lowest BCUT2D eigenvalue weighted by molar-refractivity contribution is -0.749. The second-order valence-corrected chi connectivity index (χ2v) is 2.70. The standard InChI is InChI=1S/C8H14NO2/c1-5-6-9(4,7(2)10)8(3)11/h5H,1,6H2,2-4H3/q+1. The molecule has 0 atom stereocenters. The van der Waals surface area contributed by atoms with Gasteiger partial charge in [-0.3, -0.25) is 0 Å². The van der Waals surface area contributed by atoms with Crippen molar-refractivity contribution in [1.82, 2.24) is 0 Å². The first-order chi connectivity index (χ1) is 4.95. The number of imide groups is 1. The van der Waals surface area contributed by atoms with Crippen molar-refractivity contribution < 1.29 is 14.1 Å². The van der Waals surface area contributed by atoms with Crippen LogP contribution in [0, 0.1) is 0 Å². The summed E-state index contributed by atoms with van der Waals surface area (Å²) in [4.78, 5) is 22.0. The fourth-order valence-corrected chi connectivity index (χ4v) is 0.737. The van der Waals surface area contributed by atoms with Crippen LogP contribution in [-0.4, -0.2) is 29.9 Å². The molecule has 0 radical (unpaired) electrons. The zero-order valence-corrected chi connectivity index (χ0v) is 7.26. The number of nitrogens with zero attached hydrogens (tertiary/aromatic N) is 1. The highest BCUT2D eigenvalue weighted by molar-refractivity contribution is 5.81. The largest absolute Gasteiger partial charge is 0.318 e. The van der Waals surface area contributed by atoms with Gasteiger partial charge in [-0.15, -0.1) is 0 Å². The number of amides is 2. The van der Waals surface area contributed by atoms with E-state index in [0.717, 1.165) is 0 Å². The summed E-state index contributed by atoms with van der Waals surface area (Å²) < 4.78 is -0.191. The minimum Gasteiger partial charge on any atom is -0.231 e. The molecule has 0 fully saturated rings. The lowest BCUT2D eigenvalue weighted by Crippen LogP contribution is -2.51. The third-order valence-electron chi connectivity index (χ3n) is 1.88. The van der Waals surface area contributed by atoms with E-state index < -0.39 is 0 Å². The van der Waals surface area contributed by atoms with Gasteiger partial charge in [0.05, 0.1) is 20.9 Å². The lowest BCUT2D eigenvalue weighted by Gasteiger charge is -2.24. The quantitative estimate of drug-likeness (QED) is 0.436. The van der Waals surface area contributed by atoms with E-state index in [1.165, 1.54) is 13.8 Å². The Labute approximate surface area is 66.9 Å². The zero-order chi connectivity index (χ0) is 9.07. The van der Waals surface area contributed by atoms with Crippen LogP contribution in [0.15, 0.2) is 12.7 Å². The molecule has 0 aromatic heterocycles. The van der Waals surface area contributed by atoms with Crippen LogP contribution in [0.3, 0.4) is 0 Å². The highest BCUT2D eigenvalue weighted by Crippen LogP contribution is 2.03. The van der Waals surface area contributed by atoms with Crippen molar-refractivity contribution in [2.75, 3.05) is 13.6 Å². The second-order valence-electron chi connectivity index (χ2n) is 2.70. The van der Waals surface area contributed by atoms with E-state index in [9.17, 15) is 9.59 Å². The van der Waals surface area contributed by atoms with Gasteiger partial charge in [-0.1, -0.05) is 6.58 Å². The third-order valence-corrected chi connectivity index (χ3v) is 1.88. The van der Waals surface area contributed by atoms with Gasteiger partial charge >= 0.3 is 11.8 Å². The average Bonchev–Trinajstić information content (AvgIpc) is 1.87. The zero-order valence-electron chi connectivity index (χ0n) is 7.26. The molecule has 0 aliphatic heterocycles. The average molecular weight is 156 g/mol. The van der Waals surface area contributed by atoms with Crippen LogP contribution in [0.4, 0.5) is 0 Å². The van der Waals surface area contributed by atoms with Crippen LogP contribution in [0.25, 0.3) is 0 Å². The summed E-state index contributed by atoms with van der Waals surface area (Å²) in [6.45, 7) is 6.67. The monoisotopic (exact) mass is 156 g/mol. The molecule has 0 aliphatic carbocycles. The first-order valence-electron chi connectivity index (χ1n) is 3.44. The number of carbonyl (C=O) groups is 2. The highest BCUT2D eigenvalue weighted by atomic mass is 16.2. The summed E-state index contributed by atoms with van der Waals surface area (Å²) in [5, 5.41) is 0. The molecule has 0 bridgehead atoms. The Hall–Kier alpha value is -0.960. The SMILES string of the molecule is C=CC[N+](C)(C(C)=O)C(C)=O. The molecule has 11 heavy (non-hydrogen) atoms. The molecule has 0 unspecified atom stereocenters. The highest BCUT2D eigenvalue weighted by Gasteiger charge is 2.31. The van der Waals surface area contributed by atoms with Crippen LogP contribution in [-0.2, 0) is 9.59 Å². The molecule has 62 valence electrons. The molecule has 2 amide bonds. The van der Waals surface area contributed by atoms with Crippen molar-refractivity contribution in [2.45, 2.75) is 13.8 Å². The Morgan fingerprint density at radius 2 is 1.73 bits per heavy atom. The minimum absolute atomic E-state index is 0.155. The number of hydrogen-bond acceptors (Lipinski definition) is 2. The van der Waals surface area contributed by atoms with Gasteiger partial charge in [-0.05, 0) is 6.08 Å². The summed E-state index contributed by atoms with van der Waals surface area (Å²) in [7, 11) is 1.59. The second kappa shape index (κ2) is 3.44. The van der Waals surface area contributed by atoms with E-state index in [4.69, 9.17) is 0 Å². The molecule has 0 heterocycles. The maximum atomic E-state index is 11.0. The van der Waals surface area contributed by atoms with Crippen LogP contribution in [0.2, 0.25) is 0 Å². The Bertz CT molecular complexity index is 182. The van der Waals surface area contributed by atoms with Gasteiger partial charge in [0, 0.05) is 0 Å². The van der Waals surface area contributed by atoms with Gasteiger partial charge in [0.1, 0.15) is 6.54 Å². The predicted octanol–water partition coefficient (Wildman–Crippen LogP) is 0.712. The molecule has 0 saturated carbocycles. The van der Waals surface area contributed by atoms with Crippen LogP contribution >= 0.6 is 0 Å². The van der Waals surface area contributed by atoms with E-state index in [2.05, 4.69) is 6.58 Å². The van der Waals surface area contributed by atoms with E-state index in [0.29, 0.717) is 6.54 Å². The molecule has 0 aliphatic rings. The van der Waals surface area contributed by atoms with E-state index in [1.54, 1.807) is 13.1 Å². The summed E-state index contributed by atoms with van der Waals surface area (Å²) in [5.41, 5.74) is 0. The Kier molecular flexibility index (Phi) is 3.14. The number of quaternary nitrogens is 1. The van der Waals surface area contributed by atoms with Gasteiger partial charge < -0.3 is 0 Å². The van der Waals surface area contributed by atoms with E-state index >= 15 is 0 Å². The van der Waals surface area contributed by atoms with Crippen molar-refractivity contribution in [1.29, 1.82) is 0 Å². The summed E-state index contributed by atoms with van der Waals surface area (Å²) in [6.07, 6.45) is 1.57. The Morgan fingerprint density at radius 3 is 1.82 bits per heavy atom. The smallest absolute Gasteiger partial charge is 0.231 e. The van der Waals surface area contributed by atoms with Crippen LogP contribution < -0.4 is 0 Å². The minimum atomic E-state index is -0.191. The fourth-order valence-electron chi connectivity index (χ4n) is 0.737. The topological polar surface area (TPSA) is 34.1 Å². The van der Waals surface area contributed by atoms with Gasteiger partial charge in [0.2, 0.25) is 0 Å². The van der Waals surface area contributed by atoms with Crippen molar-refractivity contribution in [3.8, 4) is 0 Å². The Balaban J connectivity index is 4.65. The molecule has 3 nitrogen and oxygen atoms in total. The Morgan fingerprint density at radius 1 is 1.36 bits per heavy atom. The number of carbonyl (C=O) groups excluding carboxylic acids is 2. The normalized spacial score (nSPS) is 10.8. The molecule has 0 aromatic carbocycles. The van der Waals surface area contributed by atoms with Gasteiger partial charge in [0.15, 0.2) is 0 Å². The van der Waals surface area contributed by atoms with Crippen molar-refractivity contribution in [3.63, 3.8) is 0 Å². The number of likely N-dealkylation sites (N-methyl/N-ethyl adjacent to an activating group) is 1. The number of rotatable bonds is 2. The summed E-state index contributed by atoms with van der Waals surface area (Å²) in [5.74, 6) is -0.310. The number of hydrogen-bond donors (Lipinski definition) is 0. The third kappa shape index (κ3) is 1.98. The summed E-state index contributed by atoms with van der Waals surface area (Å²) in [6, 6.07) is 0. The maximum Gasteiger partial charge on any atom is 0.318 e. The molecule has 0 spiro atoms. The first-order valence-corrected chi connectivity index (χ1v) is 3.44. The molecule has 0 aromatic rings. The molecule has 0 saturated heterocycles. The van der Waals surface area contributed by atoms with Crippen molar-refractivity contribution >= 4 is 11.8 Å². The van der Waals surface area contributed by atoms with E-state index in [1.807, 2.05) is 0 Å². The predicted molar refractivity (Wildman–Crippen MR) is 42.6 cm³/mol. The molecule has 0 rings (SSSR count). The maximum absolute atomic E-state index is 11.0. The lowest BCUT2D eigenvalue weighted by atomic mass is 10.3. The molecular formula is C8H14NO2+. The molecule has 0 N–H and O–H groups in total. The molecular weight excluding hydrogens is 142 g/mol. The van der Waals surface area contributed by atoms with Gasteiger partial charge in [0.25, 0.3) is 0 Å². The van der Waals surface area contributed by atoms with Gasteiger partial charge in [-0.2, -0.15) is 4.48 Å². The fraction of sp³-hybridized carbons (Fsp3) is 0.500. The van der Waals surface area contributed by atoms with E-state index in [-0.39, 0.29) is 16.3 Å². The van der Waals surface area contributed by atoms with Crippen molar-refractivity contribution in [2.24, 2.45) is 0 Å². The first kappa shape index (κ1) is 10.0. The van der Waals surface area contributed by atoms with Gasteiger partial charge in [-0.25, -0.2) is 9.59 Å². The summed E-state index contributed by atoms with van der Waals surface area (Å²) >= 11 is 0. The van der Waals surface area contributed by atoms with Crippen molar-refractivity contribution in [3.05, 3.63) is 12.7 Å².